The molecule has 1 spiro atoms. The fraction of sp³-hybridized carbons (Fsp3) is 0.444. The van der Waals surface area contributed by atoms with E-state index >= 15 is 4.39 Å². The van der Waals surface area contributed by atoms with E-state index in [4.69, 9.17) is 4.74 Å². The summed E-state index contributed by atoms with van der Waals surface area (Å²) >= 11 is 0. The number of fused-ring (bicyclic) bond motifs is 2. The van der Waals surface area contributed by atoms with E-state index < -0.39 is 11.0 Å². The van der Waals surface area contributed by atoms with Gasteiger partial charge in [0, 0.05) is 62.9 Å². The summed E-state index contributed by atoms with van der Waals surface area (Å²) in [6.45, 7) is 4.88. The van der Waals surface area contributed by atoms with Crippen LogP contribution in [0, 0.1) is 5.82 Å². The average molecular weight is 478 g/mol. The van der Waals surface area contributed by atoms with Gasteiger partial charge < -0.3 is 19.4 Å². The van der Waals surface area contributed by atoms with Crippen LogP contribution in [0.15, 0.2) is 42.5 Å². The summed E-state index contributed by atoms with van der Waals surface area (Å²) in [4.78, 5) is 43.3. The van der Waals surface area contributed by atoms with Gasteiger partial charge in [0.05, 0.1) is 17.5 Å². The van der Waals surface area contributed by atoms with Crippen LogP contribution in [0.4, 0.5) is 10.1 Å². The summed E-state index contributed by atoms with van der Waals surface area (Å²) < 4.78 is 21.2. The number of carbonyl (C=O) groups is 3. The Labute approximate surface area is 203 Å². The summed E-state index contributed by atoms with van der Waals surface area (Å²) in [6.07, 6.45) is 1.77. The van der Waals surface area contributed by atoms with E-state index in [0.29, 0.717) is 69.7 Å². The third-order valence-corrected chi connectivity index (χ3v) is 8.16. The second kappa shape index (κ2) is 7.80. The van der Waals surface area contributed by atoms with Crippen LogP contribution >= 0.6 is 0 Å². The lowest BCUT2D eigenvalue weighted by atomic mass is 9.91. The summed E-state index contributed by atoms with van der Waals surface area (Å²) in [5.41, 5.74) is 0.970. The quantitative estimate of drug-likeness (QED) is 0.636. The standard InChI is InChI=1S/C27H28FN3O4/c1-18(32)29-12-14-30(15-13-29)19-6-7-22(23(28)16-19)26(8-9-26)25(34)31-11-10-27(17-31)21-5-3-2-4-20(21)24(33)35-27/h2-7,16H,8-15,17H2,1H3/t27-/m0/s1. The van der Waals surface area contributed by atoms with Crippen LogP contribution in [-0.4, -0.2) is 66.9 Å². The molecule has 4 aliphatic rings. The molecule has 2 aromatic carbocycles. The van der Waals surface area contributed by atoms with E-state index in [2.05, 4.69) is 4.90 Å². The van der Waals surface area contributed by atoms with Crippen molar-refractivity contribution in [2.45, 2.75) is 37.2 Å². The number of hydrogen-bond acceptors (Lipinski definition) is 5. The molecule has 3 fully saturated rings. The van der Waals surface area contributed by atoms with Crippen molar-refractivity contribution in [3.8, 4) is 0 Å². The van der Waals surface area contributed by atoms with Crippen molar-refractivity contribution in [1.82, 2.24) is 9.80 Å². The number of benzene rings is 2. The van der Waals surface area contributed by atoms with Crippen LogP contribution < -0.4 is 4.90 Å². The predicted molar refractivity (Wildman–Crippen MR) is 127 cm³/mol. The monoisotopic (exact) mass is 477 g/mol. The van der Waals surface area contributed by atoms with Gasteiger partial charge in [-0.2, -0.15) is 0 Å². The van der Waals surface area contributed by atoms with Crippen LogP contribution in [0.2, 0.25) is 0 Å². The number of carbonyl (C=O) groups excluding carboxylic acids is 3. The van der Waals surface area contributed by atoms with Crippen molar-refractivity contribution in [1.29, 1.82) is 0 Å². The molecule has 7 nitrogen and oxygen atoms in total. The molecule has 0 unspecified atom stereocenters. The number of nitrogens with zero attached hydrogens (tertiary/aromatic N) is 3. The van der Waals surface area contributed by atoms with Crippen LogP contribution in [0.1, 0.15) is 47.7 Å². The topological polar surface area (TPSA) is 70.2 Å². The van der Waals surface area contributed by atoms with Crippen molar-refractivity contribution in [2.75, 3.05) is 44.2 Å². The zero-order valence-corrected chi connectivity index (χ0v) is 19.8. The third-order valence-electron chi connectivity index (χ3n) is 8.16. The van der Waals surface area contributed by atoms with Gasteiger partial charge in [0.15, 0.2) is 5.60 Å². The van der Waals surface area contributed by atoms with Crippen molar-refractivity contribution < 1.29 is 23.5 Å². The van der Waals surface area contributed by atoms with Gasteiger partial charge in [-0.3, -0.25) is 9.59 Å². The Morgan fingerprint density at radius 2 is 1.66 bits per heavy atom. The number of halogens is 1. The largest absolute Gasteiger partial charge is 0.449 e. The van der Waals surface area contributed by atoms with E-state index in [9.17, 15) is 14.4 Å². The molecule has 0 N–H and O–H groups in total. The molecule has 0 radical (unpaired) electrons. The first-order valence-electron chi connectivity index (χ1n) is 12.3. The first-order valence-corrected chi connectivity index (χ1v) is 12.3. The van der Waals surface area contributed by atoms with E-state index in [0.717, 1.165) is 11.3 Å². The number of esters is 1. The molecule has 0 bridgehead atoms. The number of anilines is 1. The summed E-state index contributed by atoms with van der Waals surface area (Å²) in [6, 6.07) is 12.5. The van der Waals surface area contributed by atoms with Crippen molar-refractivity contribution in [3.63, 3.8) is 0 Å². The summed E-state index contributed by atoms with van der Waals surface area (Å²) in [7, 11) is 0. The molecule has 2 amide bonds. The van der Waals surface area contributed by atoms with Gasteiger partial charge in [0.2, 0.25) is 11.8 Å². The lowest BCUT2D eigenvalue weighted by molar-refractivity contribution is -0.134. The Kier molecular flexibility index (Phi) is 4.92. The molecule has 1 saturated carbocycles. The Morgan fingerprint density at radius 1 is 0.914 bits per heavy atom. The molecule has 3 heterocycles. The van der Waals surface area contributed by atoms with Gasteiger partial charge in [0.1, 0.15) is 5.82 Å². The summed E-state index contributed by atoms with van der Waals surface area (Å²) in [5, 5.41) is 0. The molecule has 2 saturated heterocycles. The summed E-state index contributed by atoms with van der Waals surface area (Å²) in [5.74, 6) is -0.743. The maximum atomic E-state index is 15.4. The molecule has 35 heavy (non-hydrogen) atoms. The number of piperazine rings is 1. The second-order valence-electron chi connectivity index (χ2n) is 10.1. The Morgan fingerprint density at radius 3 is 2.34 bits per heavy atom. The van der Waals surface area contributed by atoms with Crippen molar-refractivity contribution >= 4 is 23.5 Å². The van der Waals surface area contributed by atoms with E-state index in [-0.39, 0.29) is 23.6 Å². The number of ether oxygens (including phenoxy) is 1. The minimum Gasteiger partial charge on any atom is -0.449 e. The van der Waals surface area contributed by atoms with E-state index in [1.807, 2.05) is 24.3 Å². The lowest BCUT2D eigenvalue weighted by Gasteiger charge is -2.36. The first-order chi connectivity index (χ1) is 16.8. The second-order valence-corrected chi connectivity index (χ2v) is 10.1. The molecule has 3 aliphatic heterocycles. The normalized spacial score (nSPS) is 24.5. The Balaban J connectivity index is 1.20. The highest BCUT2D eigenvalue weighted by Crippen LogP contribution is 2.53. The van der Waals surface area contributed by atoms with Crippen LogP contribution in [0.3, 0.4) is 0 Å². The highest BCUT2D eigenvalue weighted by atomic mass is 19.1. The Hall–Kier alpha value is -3.42. The fourth-order valence-electron chi connectivity index (χ4n) is 6.00. The zero-order chi connectivity index (χ0) is 24.4. The number of rotatable bonds is 3. The lowest BCUT2D eigenvalue weighted by Crippen LogP contribution is -2.48. The van der Waals surface area contributed by atoms with Gasteiger partial charge in [-0.15, -0.1) is 0 Å². The molecule has 182 valence electrons. The van der Waals surface area contributed by atoms with E-state index in [1.54, 1.807) is 28.9 Å². The smallest absolute Gasteiger partial charge is 0.339 e. The third kappa shape index (κ3) is 3.41. The number of amides is 2. The zero-order valence-electron chi connectivity index (χ0n) is 19.8. The average Bonchev–Trinajstić information content (AvgIpc) is 3.48. The Bertz CT molecular complexity index is 1230. The number of hydrogen-bond donors (Lipinski definition) is 0. The van der Waals surface area contributed by atoms with Gasteiger partial charge >= 0.3 is 5.97 Å². The molecule has 6 rings (SSSR count). The molecular formula is C27H28FN3O4. The van der Waals surface area contributed by atoms with Crippen LogP contribution in [-0.2, 0) is 25.3 Å². The van der Waals surface area contributed by atoms with Gasteiger partial charge in [-0.05, 0) is 31.0 Å². The first kappa shape index (κ1) is 22.1. The minimum atomic E-state index is -0.844. The fourth-order valence-corrected chi connectivity index (χ4v) is 6.00. The highest BCUT2D eigenvalue weighted by Gasteiger charge is 2.58. The van der Waals surface area contributed by atoms with Crippen molar-refractivity contribution in [3.05, 3.63) is 65.0 Å². The molecule has 8 heteroatoms. The minimum absolute atomic E-state index is 0.0555. The maximum absolute atomic E-state index is 15.4. The SMILES string of the molecule is CC(=O)N1CCN(c2ccc(C3(C(=O)N4CC[C@@]5(C4)OC(=O)c4ccccc45)CC3)c(F)c2)CC1. The van der Waals surface area contributed by atoms with Gasteiger partial charge in [-0.25, -0.2) is 9.18 Å². The van der Waals surface area contributed by atoms with E-state index in [1.165, 1.54) is 6.07 Å². The molecule has 2 aromatic rings. The highest BCUT2D eigenvalue weighted by molar-refractivity contribution is 5.96. The predicted octanol–water partition coefficient (Wildman–Crippen LogP) is 2.82. The molecular weight excluding hydrogens is 449 g/mol. The maximum Gasteiger partial charge on any atom is 0.339 e. The molecule has 1 aliphatic carbocycles. The van der Waals surface area contributed by atoms with Crippen LogP contribution in [0.5, 0.6) is 0 Å². The van der Waals surface area contributed by atoms with Crippen LogP contribution in [0.25, 0.3) is 0 Å². The molecule has 1 atom stereocenters. The number of likely N-dealkylation sites (tertiary alicyclic amines) is 1. The molecule has 0 aromatic heterocycles. The van der Waals surface area contributed by atoms with Gasteiger partial charge in [0.25, 0.3) is 0 Å². The van der Waals surface area contributed by atoms with Gasteiger partial charge in [-0.1, -0.05) is 24.3 Å². The van der Waals surface area contributed by atoms with Crippen molar-refractivity contribution in [2.24, 2.45) is 0 Å².